The molecule has 0 saturated carbocycles. The third kappa shape index (κ3) is 4.86. The fourth-order valence-corrected chi connectivity index (χ4v) is 4.22. The highest BCUT2D eigenvalue weighted by Crippen LogP contribution is 2.44. The minimum atomic E-state index is -4.76. The summed E-state index contributed by atoms with van der Waals surface area (Å²) in [5.74, 6) is -2.79. The Kier molecular flexibility index (Phi) is 6.31. The first kappa shape index (κ1) is 21.4. The zero-order valence-corrected chi connectivity index (χ0v) is 15.7. The highest BCUT2D eigenvalue weighted by Gasteiger charge is 2.37. The molecule has 1 aliphatic rings. The van der Waals surface area contributed by atoms with Crippen molar-refractivity contribution in [1.29, 1.82) is 0 Å². The van der Waals surface area contributed by atoms with Crippen LogP contribution >= 0.6 is 24.4 Å². The number of allylic oxidation sites excluding steroid dienone is 2. The van der Waals surface area contributed by atoms with Gasteiger partial charge in [-0.3, -0.25) is 9.59 Å². The van der Waals surface area contributed by atoms with E-state index in [0.29, 0.717) is 6.07 Å². The van der Waals surface area contributed by atoms with Gasteiger partial charge in [-0.25, -0.2) is 4.39 Å². The second-order valence-corrected chi connectivity index (χ2v) is 7.73. The number of amides is 1. The molecule has 146 valence electrons. The van der Waals surface area contributed by atoms with E-state index in [9.17, 15) is 27.2 Å². The molecule has 0 radical (unpaired) electrons. The minimum absolute atomic E-state index is 0.0478. The molecule has 0 spiro atoms. The first-order valence-corrected chi connectivity index (χ1v) is 8.97. The van der Waals surface area contributed by atoms with Gasteiger partial charge in [0.05, 0.1) is 16.9 Å². The highest BCUT2D eigenvalue weighted by molar-refractivity contribution is 8.14. The molecule has 1 saturated heterocycles. The average molecular weight is 421 g/mol. The van der Waals surface area contributed by atoms with Crippen molar-refractivity contribution in [3.8, 4) is 0 Å². The van der Waals surface area contributed by atoms with Crippen LogP contribution in [0.25, 0.3) is 5.57 Å². The van der Waals surface area contributed by atoms with E-state index >= 15 is 0 Å². The number of benzene rings is 1. The van der Waals surface area contributed by atoms with E-state index in [1.807, 2.05) is 0 Å². The second kappa shape index (κ2) is 7.97. The summed E-state index contributed by atoms with van der Waals surface area (Å²) in [7, 11) is 0. The van der Waals surface area contributed by atoms with E-state index in [2.05, 4.69) is 19.2 Å². The smallest absolute Gasteiger partial charge is 0.416 e. The lowest BCUT2D eigenvalue weighted by atomic mass is 9.97. The number of rotatable bonds is 5. The lowest BCUT2D eigenvalue weighted by Crippen LogP contribution is -2.31. The molecule has 27 heavy (non-hydrogen) atoms. The van der Waals surface area contributed by atoms with Crippen molar-refractivity contribution in [2.24, 2.45) is 0 Å². The van der Waals surface area contributed by atoms with Gasteiger partial charge in [0.25, 0.3) is 5.91 Å². The van der Waals surface area contributed by atoms with Crippen molar-refractivity contribution in [2.45, 2.75) is 24.2 Å². The van der Waals surface area contributed by atoms with Gasteiger partial charge >= 0.3 is 12.1 Å². The summed E-state index contributed by atoms with van der Waals surface area (Å²) in [6.45, 7) is 5.07. The molecule has 0 aromatic heterocycles. The maximum atomic E-state index is 13.8. The average Bonchev–Trinajstić information content (AvgIpc) is 2.78. The number of thiol groups is 1. The van der Waals surface area contributed by atoms with Crippen LogP contribution in [-0.4, -0.2) is 33.1 Å². The normalized spacial score (nSPS) is 19.4. The standard InChI is InChI=1S/C17H15F4NO3S2/c1-8(2)13(9-5-10(17(19,20)21)7-11(18)6-9)14-15(25)22(16(26)27-14)4-3-12(23)24/h5-7,16,26H,1,3-4H2,2H3,(H,23,24)/b14-13-. The molecule has 10 heteroatoms. The van der Waals surface area contributed by atoms with Crippen LogP contribution in [0, 0.1) is 5.82 Å². The lowest BCUT2D eigenvalue weighted by Gasteiger charge is -2.18. The first-order chi connectivity index (χ1) is 12.4. The molecule has 2 rings (SSSR count). The summed E-state index contributed by atoms with van der Waals surface area (Å²) in [5, 5.41) is 8.78. The lowest BCUT2D eigenvalue weighted by molar-refractivity contribution is -0.138. The largest absolute Gasteiger partial charge is 0.481 e. The number of thioether (sulfide) groups is 1. The molecule has 1 atom stereocenters. The maximum Gasteiger partial charge on any atom is 0.416 e. The number of carbonyl (C=O) groups excluding carboxylic acids is 1. The summed E-state index contributed by atoms with van der Waals surface area (Å²) in [6, 6.07) is 2.02. The topological polar surface area (TPSA) is 57.6 Å². The maximum absolute atomic E-state index is 13.8. The predicted molar refractivity (Wildman–Crippen MR) is 97.5 cm³/mol. The van der Waals surface area contributed by atoms with Crippen LogP contribution in [0.15, 0.2) is 35.3 Å². The molecular weight excluding hydrogens is 406 g/mol. The Morgan fingerprint density at radius 2 is 2.00 bits per heavy atom. The number of nitrogens with zero attached hydrogens (tertiary/aromatic N) is 1. The van der Waals surface area contributed by atoms with Gasteiger partial charge in [0.15, 0.2) is 0 Å². The summed E-state index contributed by atoms with van der Waals surface area (Å²) in [6.07, 6.45) is -5.06. The number of carboxylic acids is 1. The van der Waals surface area contributed by atoms with Crippen molar-refractivity contribution in [1.82, 2.24) is 4.90 Å². The van der Waals surface area contributed by atoms with Crippen molar-refractivity contribution >= 4 is 41.8 Å². The van der Waals surface area contributed by atoms with Crippen molar-refractivity contribution in [2.75, 3.05) is 6.54 Å². The van der Waals surface area contributed by atoms with E-state index in [-0.39, 0.29) is 34.6 Å². The SMILES string of the molecule is C=C(C)/C(=C1/SC(S)N(CCC(=O)O)C1=O)c1cc(F)cc(C(F)(F)F)c1. The van der Waals surface area contributed by atoms with E-state index in [1.165, 1.54) is 11.8 Å². The van der Waals surface area contributed by atoms with Gasteiger partial charge in [0, 0.05) is 12.1 Å². The fourth-order valence-electron chi connectivity index (χ4n) is 2.51. The molecule has 4 nitrogen and oxygen atoms in total. The molecule has 0 aliphatic carbocycles. The van der Waals surface area contributed by atoms with Crippen molar-refractivity contribution < 1.29 is 32.3 Å². The molecule has 1 aromatic carbocycles. The minimum Gasteiger partial charge on any atom is -0.481 e. The van der Waals surface area contributed by atoms with Gasteiger partial charge in [0.2, 0.25) is 0 Å². The summed E-state index contributed by atoms with van der Waals surface area (Å²) in [5.41, 5.74) is -0.971. The third-order valence-corrected chi connectivity index (χ3v) is 5.35. The van der Waals surface area contributed by atoms with E-state index in [0.717, 1.165) is 23.9 Å². The Morgan fingerprint density at radius 3 is 2.52 bits per heavy atom. The number of carbonyl (C=O) groups is 2. The zero-order chi connectivity index (χ0) is 20.5. The van der Waals surface area contributed by atoms with Gasteiger partial charge in [-0.15, -0.1) is 12.6 Å². The molecule has 1 heterocycles. The molecular formula is C17H15F4NO3S2. The molecule has 0 bridgehead atoms. The quantitative estimate of drug-likeness (QED) is 0.421. The zero-order valence-electron chi connectivity index (χ0n) is 14.0. The van der Waals surface area contributed by atoms with Crippen molar-refractivity contribution in [3.63, 3.8) is 0 Å². The van der Waals surface area contributed by atoms with Gasteiger partial charge in [-0.05, 0) is 36.3 Å². The summed E-state index contributed by atoms with van der Waals surface area (Å²) >= 11 is 5.17. The molecule has 1 amide bonds. The summed E-state index contributed by atoms with van der Waals surface area (Å²) in [4.78, 5) is 24.6. The Balaban J connectivity index is 2.55. The van der Waals surface area contributed by atoms with Crippen LogP contribution in [0.3, 0.4) is 0 Å². The molecule has 1 N–H and O–H groups in total. The van der Waals surface area contributed by atoms with E-state index in [4.69, 9.17) is 5.11 Å². The Labute approximate surface area is 162 Å². The molecule has 1 aromatic rings. The predicted octanol–water partition coefficient (Wildman–Crippen LogP) is 4.40. The number of carboxylic acid groups (broad SMARTS) is 1. The van der Waals surface area contributed by atoms with Crippen LogP contribution in [0.4, 0.5) is 17.6 Å². The van der Waals surface area contributed by atoms with E-state index < -0.39 is 34.1 Å². The second-order valence-electron chi connectivity index (χ2n) is 5.80. The van der Waals surface area contributed by atoms with Gasteiger partial charge in [-0.1, -0.05) is 18.3 Å². The first-order valence-electron chi connectivity index (χ1n) is 7.57. The molecule has 1 fully saturated rings. The van der Waals surface area contributed by atoms with Crippen LogP contribution in [0.1, 0.15) is 24.5 Å². The Morgan fingerprint density at radius 1 is 1.37 bits per heavy atom. The summed E-state index contributed by atoms with van der Waals surface area (Å²) < 4.78 is 52.1. The van der Waals surface area contributed by atoms with Crippen LogP contribution in [0.5, 0.6) is 0 Å². The number of hydrogen-bond acceptors (Lipinski definition) is 4. The van der Waals surface area contributed by atoms with E-state index in [1.54, 1.807) is 0 Å². The number of halogens is 4. The van der Waals surface area contributed by atoms with Gasteiger partial charge < -0.3 is 10.0 Å². The van der Waals surface area contributed by atoms with Crippen LogP contribution < -0.4 is 0 Å². The highest BCUT2D eigenvalue weighted by atomic mass is 32.2. The van der Waals surface area contributed by atoms with Gasteiger partial charge in [-0.2, -0.15) is 13.2 Å². The molecule has 1 unspecified atom stereocenters. The Bertz CT molecular complexity index is 836. The monoisotopic (exact) mass is 421 g/mol. The van der Waals surface area contributed by atoms with Crippen molar-refractivity contribution in [3.05, 3.63) is 52.2 Å². The third-order valence-electron chi connectivity index (χ3n) is 3.68. The number of alkyl halides is 3. The molecule has 1 aliphatic heterocycles. The number of hydrogen-bond donors (Lipinski definition) is 2. The van der Waals surface area contributed by atoms with Crippen LogP contribution in [-0.2, 0) is 15.8 Å². The number of aliphatic carboxylic acids is 1. The Hall–Kier alpha value is -1.94. The van der Waals surface area contributed by atoms with Gasteiger partial charge in [0.1, 0.15) is 10.5 Å². The fraction of sp³-hybridized carbons (Fsp3) is 0.294. The van der Waals surface area contributed by atoms with Crippen LogP contribution in [0.2, 0.25) is 0 Å².